The number of H-pyrrole nitrogens is 1. The van der Waals surface area contributed by atoms with Crippen LogP contribution in [0.5, 0.6) is 0 Å². The van der Waals surface area contributed by atoms with Crippen molar-refractivity contribution in [3.63, 3.8) is 0 Å². The van der Waals surface area contributed by atoms with Crippen molar-refractivity contribution in [2.45, 2.75) is 32.4 Å². The third-order valence-corrected chi connectivity index (χ3v) is 3.80. The Bertz CT molecular complexity index is 443. The fourth-order valence-corrected chi connectivity index (χ4v) is 3.07. The van der Waals surface area contributed by atoms with E-state index in [-0.39, 0.29) is 5.91 Å². The first-order valence-corrected chi connectivity index (χ1v) is 6.09. The third-order valence-electron chi connectivity index (χ3n) is 3.80. The summed E-state index contributed by atoms with van der Waals surface area (Å²) in [6.07, 6.45) is 1.08. The average molecular weight is 235 g/mol. The number of aromatic nitrogens is 3. The van der Waals surface area contributed by atoms with E-state index in [1.807, 2.05) is 4.90 Å². The first kappa shape index (κ1) is 10.7. The highest BCUT2D eigenvalue weighted by Crippen LogP contribution is 2.32. The molecule has 1 amide bonds. The van der Waals surface area contributed by atoms with Gasteiger partial charge in [-0.15, -0.1) is 5.10 Å². The van der Waals surface area contributed by atoms with Crippen molar-refractivity contribution in [1.82, 2.24) is 25.4 Å². The van der Waals surface area contributed by atoms with Crippen molar-refractivity contribution < 1.29 is 4.79 Å². The molecule has 2 aliphatic heterocycles. The number of hydrogen-bond acceptors (Lipinski definition) is 4. The maximum Gasteiger partial charge on any atom is 0.294 e. The molecule has 0 radical (unpaired) electrons. The first-order chi connectivity index (χ1) is 8.16. The Morgan fingerprint density at radius 2 is 2.29 bits per heavy atom. The van der Waals surface area contributed by atoms with E-state index in [1.165, 1.54) is 0 Å². The van der Waals surface area contributed by atoms with Crippen LogP contribution in [-0.4, -0.2) is 51.2 Å². The number of rotatable bonds is 1. The molecule has 3 rings (SSSR count). The SMILES string of the molecule is Cc1nc(C(=O)N2C(C)CC3CNCC32)n[nH]1. The van der Waals surface area contributed by atoms with Crippen LogP contribution in [0.15, 0.2) is 0 Å². The van der Waals surface area contributed by atoms with Crippen LogP contribution >= 0.6 is 0 Å². The molecule has 2 aliphatic rings. The van der Waals surface area contributed by atoms with E-state index >= 15 is 0 Å². The molecule has 1 aromatic rings. The fraction of sp³-hybridized carbons (Fsp3) is 0.727. The molecule has 2 fully saturated rings. The van der Waals surface area contributed by atoms with Gasteiger partial charge in [0.15, 0.2) is 0 Å². The van der Waals surface area contributed by atoms with E-state index < -0.39 is 0 Å². The molecule has 0 aromatic carbocycles. The lowest BCUT2D eigenvalue weighted by Crippen LogP contribution is -2.43. The van der Waals surface area contributed by atoms with Gasteiger partial charge in [-0.3, -0.25) is 9.89 Å². The number of aryl methyl sites for hydroxylation is 1. The molecule has 1 aromatic heterocycles. The molecule has 0 saturated carbocycles. The Kier molecular flexibility index (Phi) is 2.39. The predicted octanol–water partition coefficient (Wildman–Crippen LogP) is -0.0645. The molecule has 0 bridgehead atoms. The van der Waals surface area contributed by atoms with Gasteiger partial charge in [-0.05, 0) is 26.2 Å². The van der Waals surface area contributed by atoms with E-state index in [0.29, 0.717) is 29.7 Å². The Morgan fingerprint density at radius 1 is 1.47 bits per heavy atom. The zero-order valence-electron chi connectivity index (χ0n) is 10.1. The number of carbonyl (C=O) groups excluding carboxylic acids is 1. The molecular weight excluding hydrogens is 218 g/mol. The Hall–Kier alpha value is -1.43. The van der Waals surface area contributed by atoms with Gasteiger partial charge < -0.3 is 10.2 Å². The standard InChI is InChI=1S/C11H17N5O/c1-6-3-8-4-12-5-9(8)16(6)11(17)10-13-7(2)14-15-10/h6,8-9,12H,3-5H2,1-2H3,(H,13,14,15). The van der Waals surface area contributed by atoms with Crippen LogP contribution in [0.4, 0.5) is 0 Å². The predicted molar refractivity (Wildman–Crippen MR) is 61.5 cm³/mol. The van der Waals surface area contributed by atoms with Crippen molar-refractivity contribution in [2.75, 3.05) is 13.1 Å². The molecule has 3 heterocycles. The van der Waals surface area contributed by atoms with E-state index in [4.69, 9.17) is 0 Å². The topological polar surface area (TPSA) is 73.9 Å². The second-order valence-electron chi connectivity index (χ2n) is 5.03. The lowest BCUT2D eigenvalue weighted by atomic mass is 10.0. The molecule has 6 nitrogen and oxygen atoms in total. The highest BCUT2D eigenvalue weighted by atomic mass is 16.2. The third kappa shape index (κ3) is 1.63. The first-order valence-electron chi connectivity index (χ1n) is 6.09. The summed E-state index contributed by atoms with van der Waals surface area (Å²) in [6.45, 7) is 5.82. The van der Waals surface area contributed by atoms with E-state index in [2.05, 4.69) is 27.4 Å². The highest BCUT2D eigenvalue weighted by Gasteiger charge is 2.45. The van der Waals surface area contributed by atoms with Gasteiger partial charge in [-0.2, -0.15) is 0 Å². The van der Waals surface area contributed by atoms with Crippen LogP contribution in [0.2, 0.25) is 0 Å². The normalized spacial score (nSPS) is 31.9. The van der Waals surface area contributed by atoms with Crippen molar-refractivity contribution in [3.8, 4) is 0 Å². The number of fused-ring (bicyclic) bond motifs is 1. The molecule has 6 heteroatoms. The van der Waals surface area contributed by atoms with Crippen LogP contribution in [-0.2, 0) is 0 Å². The number of aromatic amines is 1. The van der Waals surface area contributed by atoms with Crippen LogP contribution in [0.25, 0.3) is 0 Å². The number of nitrogens with zero attached hydrogens (tertiary/aromatic N) is 3. The van der Waals surface area contributed by atoms with E-state index in [0.717, 1.165) is 19.5 Å². The Balaban J connectivity index is 1.85. The van der Waals surface area contributed by atoms with Gasteiger partial charge in [0.1, 0.15) is 5.82 Å². The summed E-state index contributed by atoms with van der Waals surface area (Å²) >= 11 is 0. The quantitative estimate of drug-likeness (QED) is 0.715. The maximum absolute atomic E-state index is 12.4. The van der Waals surface area contributed by atoms with Crippen molar-refractivity contribution in [2.24, 2.45) is 5.92 Å². The molecule has 92 valence electrons. The lowest BCUT2D eigenvalue weighted by Gasteiger charge is -2.26. The minimum Gasteiger partial charge on any atom is -0.329 e. The fourth-order valence-electron chi connectivity index (χ4n) is 3.07. The van der Waals surface area contributed by atoms with Gasteiger partial charge in [0.2, 0.25) is 5.82 Å². The second kappa shape index (κ2) is 3.80. The van der Waals surface area contributed by atoms with E-state index in [1.54, 1.807) is 6.92 Å². The minimum atomic E-state index is -0.0435. The summed E-state index contributed by atoms with van der Waals surface area (Å²) in [6, 6.07) is 0.606. The zero-order chi connectivity index (χ0) is 12.0. The van der Waals surface area contributed by atoms with Gasteiger partial charge >= 0.3 is 0 Å². The summed E-state index contributed by atoms with van der Waals surface area (Å²) in [7, 11) is 0. The van der Waals surface area contributed by atoms with Crippen LogP contribution < -0.4 is 5.32 Å². The summed E-state index contributed by atoms with van der Waals surface area (Å²) in [5, 5.41) is 10.0. The summed E-state index contributed by atoms with van der Waals surface area (Å²) in [4.78, 5) is 18.4. The lowest BCUT2D eigenvalue weighted by molar-refractivity contribution is 0.0670. The smallest absolute Gasteiger partial charge is 0.294 e. The number of amides is 1. The molecular formula is C11H17N5O. The minimum absolute atomic E-state index is 0.0435. The Morgan fingerprint density at radius 3 is 3.00 bits per heavy atom. The van der Waals surface area contributed by atoms with Crippen molar-refractivity contribution >= 4 is 5.91 Å². The van der Waals surface area contributed by atoms with Gasteiger partial charge in [-0.1, -0.05) is 0 Å². The molecule has 3 atom stereocenters. The highest BCUT2D eigenvalue weighted by molar-refractivity contribution is 5.91. The van der Waals surface area contributed by atoms with Gasteiger partial charge in [0.05, 0.1) is 0 Å². The largest absolute Gasteiger partial charge is 0.329 e. The summed E-state index contributed by atoms with van der Waals surface area (Å²) < 4.78 is 0. The summed E-state index contributed by atoms with van der Waals surface area (Å²) in [5.41, 5.74) is 0. The van der Waals surface area contributed by atoms with Crippen LogP contribution in [0, 0.1) is 12.8 Å². The summed E-state index contributed by atoms with van der Waals surface area (Å²) in [5.74, 6) is 1.52. The van der Waals surface area contributed by atoms with Crippen molar-refractivity contribution in [3.05, 3.63) is 11.6 Å². The van der Waals surface area contributed by atoms with Crippen LogP contribution in [0.3, 0.4) is 0 Å². The maximum atomic E-state index is 12.4. The number of nitrogens with one attached hydrogen (secondary N) is 2. The molecule has 3 unspecified atom stereocenters. The van der Waals surface area contributed by atoms with Gasteiger partial charge in [0, 0.05) is 25.2 Å². The molecule has 0 spiro atoms. The monoisotopic (exact) mass is 235 g/mol. The molecule has 0 aliphatic carbocycles. The number of hydrogen-bond donors (Lipinski definition) is 2. The van der Waals surface area contributed by atoms with Gasteiger partial charge in [-0.25, -0.2) is 4.98 Å². The molecule has 17 heavy (non-hydrogen) atoms. The van der Waals surface area contributed by atoms with E-state index in [9.17, 15) is 4.79 Å². The zero-order valence-corrected chi connectivity index (χ0v) is 10.1. The number of carbonyl (C=O) groups is 1. The Labute approximate surface area is 99.8 Å². The molecule has 2 N–H and O–H groups in total. The average Bonchev–Trinajstić information content (AvgIpc) is 2.92. The number of likely N-dealkylation sites (tertiary alicyclic amines) is 1. The molecule has 2 saturated heterocycles. The van der Waals surface area contributed by atoms with Crippen LogP contribution in [0.1, 0.15) is 29.8 Å². The van der Waals surface area contributed by atoms with Crippen molar-refractivity contribution in [1.29, 1.82) is 0 Å². The van der Waals surface area contributed by atoms with Gasteiger partial charge in [0.25, 0.3) is 5.91 Å². The second-order valence-corrected chi connectivity index (χ2v) is 5.03.